The molecule has 0 N–H and O–H groups in total. The molecule has 126 valence electrons. The number of hydrogen-bond acceptors (Lipinski definition) is 2. The molecular formula is C21H28N2P+. The summed E-state index contributed by atoms with van der Waals surface area (Å²) in [5.74, 6) is 0. The Morgan fingerprint density at radius 1 is 0.625 bits per heavy atom. The second-order valence-corrected chi connectivity index (χ2v) is 10.5. The zero-order chi connectivity index (χ0) is 16.2. The third kappa shape index (κ3) is 3.04. The summed E-state index contributed by atoms with van der Waals surface area (Å²) in [6, 6.07) is 22.6. The van der Waals surface area contributed by atoms with E-state index in [-0.39, 0.29) is 0 Å². The third-order valence-electron chi connectivity index (χ3n) is 5.52. The summed E-state index contributed by atoms with van der Waals surface area (Å²) in [6.07, 6.45) is 6.63. The summed E-state index contributed by atoms with van der Waals surface area (Å²) < 4.78 is 5.75. The van der Waals surface area contributed by atoms with E-state index in [0.29, 0.717) is 0 Å². The van der Waals surface area contributed by atoms with Gasteiger partial charge in [-0.2, -0.15) is 9.34 Å². The minimum absolute atomic E-state index is 1.19. The molecule has 2 nitrogen and oxygen atoms in total. The van der Waals surface area contributed by atoms with Gasteiger partial charge in [0.25, 0.3) is 0 Å². The predicted molar refractivity (Wildman–Crippen MR) is 105 cm³/mol. The van der Waals surface area contributed by atoms with Gasteiger partial charge in [0.1, 0.15) is 11.5 Å². The maximum atomic E-state index is 2.88. The Balaban J connectivity index is 1.81. The van der Waals surface area contributed by atoms with Crippen molar-refractivity contribution in [1.29, 1.82) is 0 Å². The van der Waals surface area contributed by atoms with Crippen LogP contribution in [0, 0.1) is 0 Å². The molecule has 0 bridgehead atoms. The molecule has 2 aliphatic heterocycles. The molecule has 0 spiro atoms. The van der Waals surface area contributed by atoms with Gasteiger partial charge in [-0.1, -0.05) is 48.5 Å². The van der Waals surface area contributed by atoms with Crippen LogP contribution in [0.5, 0.6) is 0 Å². The van der Waals surface area contributed by atoms with Crippen molar-refractivity contribution in [2.75, 3.05) is 26.2 Å². The fourth-order valence-electron chi connectivity index (χ4n) is 4.36. The van der Waals surface area contributed by atoms with Crippen LogP contribution >= 0.6 is 7.56 Å². The van der Waals surface area contributed by atoms with Gasteiger partial charge in [-0.25, -0.2) is 0 Å². The Bertz CT molecular complexity index is 615. The molecule has 2 aromatic rings. The Morgan fingerprint density at radius 3 is 1.58 bits per heavy atom. The van der Waals surface area contributed by atoms with Crippen molar-refractivity contribution >= 4 is 12.9 Å². The minimum Gasteiger partial charge on any atom is -0.159 e. The molecule has 2 fully saturated rings. The van der Waals surface area contributed by atoms with Crippen LogP contribution in [-0.4, -0.2) is 35.5 Å². The SMILES string of the molecule is c1ccc(C[P+](c2ccccc2)(N2CCCC2)N2CCCC2)cc1. The predicted octanol–water partition coefficient (Wildman–Crippen LogP) is 4.55. The fourth-order valence-corrected chi connectivity index (χ4v) is 9.22. The number of benzene rings is 2. The molecule has 0 aliphatic carbocycles. The highest BCUT2D eigenvalue weighted by Crippen LogP contribution is 2.67. The highest BCUT2D eigenvalue weighted by molar-refractivity contribution is 7.78. The Labute approximate surface area is 146 Å². The van der Waals surface area contributed by atoms with Gasteiger partial charge >= 0.3 is 0 Å². The van der Waals surface area contributed by atoms with E-state index in [2.05, 4.69) is 70.0 Å². The lowest BCUT2D eigenvalue weighted by Crippen LogP contribution is -2.40. The number of rotatable bonds is 5. The summed E-state index contributed by atoms with van der Waals surface area (Å²) >= 11 is 0. The van der Waals surface area contributed by atoms with E-state index in [9.17, 15) is 0 Å². The van der Waals surface area contributed by atoms with E-state index < -0.39 is 7.56 Å². The molecular weight excluding hydrogens is 311 g/mol. The van der Waals surface area contributed by atoms with Crippen molar-refractivity contribution in [3.8, 4) is 0 Å². The summed E-state index contributed by atoms with van der Waals surface area (Å²) in [4.78, 5) is 0. The van der Waals surface area contributed by atoms with Crippen LogP contribution in [0.2, 0.25) is 0 Å². The zero-order valence-electron chi connectivity index (χ0n) is 14.5. The van der Waals surface area contributed by atoms with E-state index in [1.165, 1.54) is 63.6 Å². The first-order valence-electron chi connectivity index (χ1n) is 9.38. The lowest BCUT2D eigenvalue weighted by Gasteiger charge is -2.40. The smallest absolute Gasteiger partial charge is 0.159 e. The molecule has 3 heteroatoms. The second kappa shape index (κ2) is 7.35. The van der Waals surface area contributed by atoms with E-state index in [1.807, 2.05) is 0 Å². The molecule has 0 amide bonds. The molecule has 4 rings (SSSR count). The highest BCUT2D eigenvalue weighted by Gasteiger charge is 2.54. The first-order valence-corrected chi connectivity index (χ1v) is 11.3. The van der Waals surface area contributed by atoms with Crippen LogP contribution in [-0.2, 0) is 6.16 Å². The molecule has 0 aromatic heterocycles. The fraction of sp³-hybridized carbons (Fsp3) is 0.429. The lowest BCUT2D eigenvalue weighted by atomic mass is 10.2. The molecule has 2 aliphatic rings. The zero-order valence-corrected chi connectivity index (χ0v) is 15.4. The van der Waals surface area contributed by atoms with Crippen molar-refractivity contribution in [2.24, 2.45) is 0 Å². The van der Waals surface area contributed by atoms with Crippen LogP contribution in [0.15, 0.2) is 60.7 Å². The summed E-state index contributed by atoms with van der Waals surface area (Å²) in [5, 5.41) is 1.58. The molecule has 0 radical (unpaired) electrons. The average Bonchev–Trinajstić information content (AvgIpc) is 3.36. The van der Waals surface area contributed by atoms with Gasteiger partial charge in [0.15, 0.2) is 7.56 Å². The van der Waals surface area contributed by atoms with Crippen LogP contribution in [0.4, 0.5) is 0 Å². The summed E-state index contributed by atoms with van der Waals surface area (Å²) in [7, 11) is -1.50. The summed E-state index contributed by atoms with van der Waals surface area (Å²) in [6.45, 7) is 5.08. The quantitative estimate of drug-likeness (QED) is 0.737. The van der Waals surface area contributed by atoms with Gasteiger partial charge in [-0.3, -0.25) is 0 Å². The van der Waals surface area contributed by atoms with Gasteiger partial charge in [-0.05, 0) is 43.4 Å². The van der Waals surface area contributed by atoms with E-state index in [0.717, 1.165) is 0 Å². The normalized spacial score (nSPS) is 19.8. The van der Waals surface area contributed by atoms with E-state index in [4.69, 9.17) is 0 Å². The summed E-state index contributed by atoms with van der Waals surface area (Å²) in [5.41, 5.74) is 1.49. The highest BCUT2D eigenvalue weighted by atomic mass is 31.2. The number of hydrogen-bond donors (Lipinski definition) is 0. The van der Waals surface area contributed by atoms with Crippen LogP contribution in [0.3, 0.4) is 0 Å². The first kappa shape index (κ1) is 16.3. The van der Waals surface area contributed by atoms with Gasteiger partial charge in [-0.15, -0.1) is 0 Å². The van der Waals surface area contributed by atoms with Gasteiger partial charge < -0.3 is 0 Å². The third-order valence-corrected chi connectivity index (χ3v) is 10.1. The number of nitrogens with zero attached hydrogens (tertiary/aromatic N) is 2. The molecule has 24 heavy (non-hydrogen) atoms. The standard InChI is InChI=1S/C21H28N2P/c1-3-11-20(12-4-1)19-24(22-15-7-8-16-22,23-17-9-10-18-23)21-13-5-2-6-14-21/h1-6,11-14H,7-10,15-19H2/q+1. The second-order valence-electron chi connectivity index (χ2n) is 7.03. The maximum absolute atomic E-state index is 2.88. The van der Waals surface area contributed by atoms with E-state index >= 15 is 0 Å². The molecule has 0 atom stereocenters. The van der Waals surface area contributed by atoms with Crippen molar-refractivity contribution in [3.63, 3.8) is 0 Å². The molecule has 0 saturated carbocycles. The lowest BCUT2D eigenvalue weighted by molar-refractivity contribution is 0.460. The van der Waals surface area contributed by atoms with Gasteiger partial charge in [0, 0.05) is 26.2 Å². The first-order chi connectivity index (χ1) is 11.9. The van der Waals surface area contributed by atoms with Crippen molar-refractivity contribution in [3.05, 3.63) is 66.2 Å². The molecule has 2 heterocycles. The van der Waals surface area contributed by atoms with Crippen LogP contribution in [0.25, 0.3) is 0 Å². The largest absolute Gasteiger partial charge is 0.190 e. The molecule has 2 aromatic carbocycles. The molecule has 0 unspecified atom stereocenters. The van der Waals surface area contributed by atoms with Crippen molar-refractivity contribution in [1.82, 2.24) is 9.34 Å². The topological polar surface area (TPSA) is 6.48 Å². The monoisotopic (exact) mass is 339 g/mol. The van der Waals surface area contributed by atoms with Crippen molar-refractivity contribution in [2.45, 2.75) is 31.8 Å². The Kier molecular flexibility index (Phi) is 4.98. The maximum Gasteiger partial charge on any atom is 0.190 e. The van der Waals surface area contributed by atoms with E-state index in [1.54, 1.807) is 5.30 Å². The van der Waals surface area contributed by atoms with Crippen LogP contribution < -0.4 is 5.30 Å². The Hall–Kier alpha value is -1.21. The van der Waals surface area contributed by atoms with Crippen molar-refractivity contribution < 1.29 is 0 Å². The Morgan fingerprint density at radius 2 is 1.08 bits per heavy atom. The van der Waals surface area contributed by atoms with Gasteiger partial charge in [0.2, 0.25) is 0 Å². The minimum atomic E-state index is -1.50. The molecule has 2 saturated heterocycles. The van der Waals surface area contributed by atoms with Crippen LogP contribution in [0.1, 0.15) is 31.2 Å². The van der Waals surface area contributed by atoms with Gasteiger partial charge in [0.05, 0.1) is 0 Å². The average molecular weight is 339 g/mol.